The summed E-state index contributed by atoms with van der Waals surface area (Å²) in [6.07, 6.45) is -33.2. The Morgan fingerprint density at radius 2 is 0.605 bits per heavy atom. The number of carbonyl (C=O) groups excluding carboxylic acids is 10. The van der Waals surface area contributed by atoms with Crippen LogP contribution in [0.3, 0.4) is 0 Å². The van der Waals surface area contributed by atoms with Crippen LogP contribution in [0.5, 0.6) is 0 Å². The summed E-state index contributed by atoms with van der Waals surface area (Å²) in [6.45, 7) is -1.53. The topological polar surface area (TPSA) is 328 Å². The average Bonchev–Trinajstić information content (AvgIpc) is 1.59. The molecule has 119 heavy (non-hydrogen) atoms. The fraction of sp³-hybridized carbons (Fsp3) is 0.239. The van der Waals surface area contributed by atoms with Gasteiger partial charge in [0.05, 0.1) is 56.7 Å². The molecule has 0 saturated carbocycles. The van der Waals surface area contributed by atoms with E-state index in [2.05, 4.69) is 0 Å². The van der Waals surface area contributed by atoms with Gasteiger partial charge >= 0.3 is 59.7 Å². The third-order valence-electron chi connectivity index (χ3n) is 19.6. The van der Waals surface area contributed by atoms with Crippen molar-refractivity contribution in [3.8, 4) is 0 Å². The van der Waals surface area contributed by atoms with E-state index in [1.54, 1.807) is 170 Å². The zero-order valence-electron chi connectivity index (χ0n) is 63.5. The van der Waals surface area contributed by atoms with E-state index in [1.807, 2.05) is 0 Å². The van der Waals surface area contributed by atoms with Crippen LogP contribution in [-0.2, 0) is 91.9 Å². The zero-order chi connectivity index (χ0) is 82.6. The lowest BCUT2D eigenvalue weighted by atomic mass is 9.93. The Hall–Kier alpha value is -13.4. The summed E-state index contributed by atoms with van der Waals surface area (Å²) < 4.78 is 113. The number of ether oxygens (including phenoxy) is 17. The summed E-state index contributed by atoms with van der Waals surface area (Å²) in [4.78, 5) is 148. The first kappa shape index (κ1) is 82.2. The van der Waals surface area contributed by atoms with E-state index >= 15 is 24.0 Å². The van der Waals surface area contributed by atoms with Gasteiger partial charge in [0.2, 0.25) is 0 Å². The number of hydrogen-bond acceptors (Lipinski definition) is 27. The Kier molecular flexibility index (Phi) is 27.3. The highest BCUT2D eigenvalue weighted by atomic mass is 16.8. The van der Waals surface area contributed by atoms with Crippen molar-refractivity contribution in [2.75, 3.05) is 19.8 Å². The first-order valence-corrected chi connectivity index (χ1v) is 38.1. The molecule has 27 nitrogen and oxygen atoms in total. The second-order valence-electron chi connectivity index (χ2n) is 27.6. The third-order valence-corrected chi connectivity index (χ3v) is 19.6. The van der Waals surface area contributed by atoms with Crippen LogP contribution < -0.4 is 0 Å². The predicted molar refractivity (Wildman–Crippen MR) is 415 cm³/mol. The smallest absolute Gasteiger partial charge is 0.338 e. The van der Waals surface area contributed by atoms with Gasteiger partial charge in [0.25, 0.3) is 0 Å². The predicted octanol–water partition coefficient (Wildman–Crippen LogP) is 11.8. The molecule has 2 bridgehead atoms. The molecule has 0 unspecified atom stereocenters. The van der Waals surface area contributed by atoms with Gasteiger partial charge in [-0.15, -0.1) is 0 Å². The Balaban J connectivity index is 0.971. The summed E-state index contributed by atoms with van der Waals surface area (Å²) in [5.41, 5.74) is 0.217. The molecular formula is C92H78O27. The van der Waals surface area contributed by atoms with Gasteiger partial charge in [-0.3, -0.25) is 4.79 Å². The maximum atomic E-state index is 15.4. The van der Waals surface area contributed by atoms with Crippen molar-refractivity contribution in [1.82, 2.24) is 0 Å². The van der Waals surface area contributed by atoms with E-state index in [1.165, 1.54) is 133 Å². The molecule has 10 aromatic carbocycles. The molecule has 0 N–H and O–H groups in total. The van der Waals surface area contributed by atoms with E-state index in [0.29, 0.717) is 5.56 Å². The maximum Gasteiger partial charge on any atom is 0.338 e. The van der Waals surface area contributed by atoms with E-state index in [4.69, 9.17) is 80.5 Å². The van der Waals surface area contributed by atoms with Crippen molar-refractivity contribution in [3.05, 3.63) is 359 Å². The van der Waals surface area contributed by atoms with Gasteiger partial charge in [0, 0.05) is 6.92 Å². The summed E-state index contributed by atoms with van der Waals surface area (Å²) in [5.74, 6) is -10.2. The molecule has 608 valence electrons. The van der Waals surface area contributed by atoms with Crippen molar-refractivity contribution in [2.24, 2.45) is 0 Å². The molecular weight excluding hydrogens is 1540 g/mol. The molecule has 4 aliphatic heterocycles. The average molecular weight is 1620 g/mol. The highest BCUT2D eigenvalue weighted by molar-refractivity contribution is 5.94. The first-order chi connectivity index (χ1) is 58.1. The molecule has 4 saturated heterocycles. The molecule has 4 heterocycles. The van der Waals surface area contributed by atoms with Crippen LogP contribution in [-0.4, -0.2) is 184 Å². The highest BCUT2D eigenvalue weighted by Crippen LogP contribution is 2.44. The van der Waals surface area contributed by atoms with Crippen molar-refractivity contribution < 1.29 is 128 Å². The molecule has 0 aliphatic carbocycles. The summed E-state index contributed by atoms with van der Waals surface area (Å²) >= 11 is 0. The monoisotopic (exact) mass is 1610 g/mol. The standard InChI is InChI=1S/C92H78O27/c1-56(93)103-53-68-72-74(118-91-79(114-88(101)65-48-28-10-29-49-65)75(112-86(99)63-44-24-8-25-45-63)70(110-84(97)61-40-20-6-21-41-61)69(109-91)55-106-82(95)59-36-16-4-17-37-59)76(78(90(108-68)116-72)104-52-57-32-12-2-13-33-57)119-92-80(115-89(102)66-50-30-11-31-51-66)77(113-87(100)64-46-26-9-27-47-64)73(111-85(98)62-42-22-7-23-43-62)71(117-92)67(107-83(96)60-38-18-5-19-39-60)54-105-81(94)58-34-14-3-15-35-58/h2-51,67-80,90-92H,52-55H2,1H3/t67-,68-,69+,70+,71+,72+,73+,74+,75-,76-,77-,78-,79+,80-,90-,91-,92+/m0/s1. The fourth-order valence-corrected chi connectivity index (χ4v) is 13.8. The van der Waals surface area contributed by atoms with E-state index in [0.717, 1.165) is 6.92 Å². The van der Waals surface area contributed by atoms with Crippen LogP contribution in [0.4, 0.5) is 0 Å². The number of rotatable bonds is 30. The molecule has 4 aliphatic rings. The van der Waals surface area contributed by atoms with Gasteiger partial charge in [0.1, 0.15) is 62.5 Å². The minimum atomic E-state index is -2.32. The Labute approximate surface area is 681 Å². The molecule has 0 radical (unpaired) electrons. The van der Waals surface area contributed by atoms with Crippen LogP contribution in [0.1, 0.15) is 106 Å². The lowest BCUT2D eigenvalue weighted by Gasteiger charge is -2.50. The summed E-state index contributed by atoms with van der Waals surface area (Å²) in [6, 6.07) is 77.3. The van der Waals surface area contributed by atoms with Crippen LogP contribution in [0.15, 0.2) is 303 Å². The molecule has 27 heteroatoms. The van der Waals surface area contributed by atoms with Crippen LogP contribution in [0, 0.1) is 0 Å². The second-order valence-corrected chi connectivity index (χ2v) is 27.6. The van der Waals surface area contributed by atoms with E-state index < -0.39 is 184 Å². The van der Waals surface area contributed by atoms with Crippen LogP contribution in [0.25, 0.3) is 0 Å². The minimum absolute atomic E-state index is 0.0149. The molecule has 0 aromatic heterocycles. The molecule has 0 amide bonds. The normalized spacial score (nSPS) is 23.7. The number of fused-ring (bicyclic) bond motifs is 2. The van der Waals surface area contributed by atoms with E-state index in [-0.39, 0.29) is 56.7 Å². The van der Waals surface area contributed by atoms with Crippen molar-refractivity contribution in [1.29, 1.82) is 0 Å². The van der Waals surface area contributed by atoms with Crippen LogP contribution >= 0.6 is 0 Å². The van der Waals surface area contributed by atoms with Crippen molar-refractivity contribution >= 4 is 59.7 Å². The minimum Gasteiger partial charge on any atom is -0.463 e. The molecule has 10 aromatic rings. The number of carbonyl (C=O) groups is 10. The molecule has 0 spiro atoms. The van der Waals surface area contributed by atoms with Crippen molar-refractivity contribution in [2.45, 2.75) is 118 Å². The molecule has 14 rings (SSSR count). The SMILES string of the molecule is CC(=O)OC[C@@H]1O[C@H]2O[C@H]1[C@@H](O[C@@H]1O[C@H](COC(=O)c3ccccc3)[C@@H](OC(=O)c3ccccc3)[C@H](OC(=O)c3ccccc3)[C@H]1OC(=O)c1ccccc1)[C@H](O[C@H]1O[C@H]([C@H](COC(=O)c3ccccc3)OC(=O)c3ccccc3)[C@@H](OC(=O)c3ccccc3)[C@H](OC(=O)c3ccccc3)[C@@H]1OC(=O)c1ccccc1)[C@@H]2OCc1ccccc1. The second kappa shape index (κ2) is 39.5. The van der Waals surface area contributed by atoms with Gasteiger partial charge in [-0.05, 0) is 115 Å². The quantitative estimate of drug-likeness (QED) is 0.0298. The summed E-state index contributed by atoms with van der Waals surface area (Å²) in [7, 11) is 0. The molecule has 17 atom stereocenters. The Morgan fingerprint density at radius 1 is 0.286 bits per heavy atom. The lowest BCUT2D eigenvalue weighted by Crippen LogP contribution is -2.68. The summed E-state index contributed by atoms with van der Waals surface area (Å²) in [5, 5.41) is 0. The first-order valence-electron chi connectivity index (χ1n) is 38.1. The number of hydrogen-bond donors (Lipinski definition) is 0. The highest BCUT2D eigenvalue weighted by Gasteiger charge is 2.64. The maximum absolute atomic E-state index is 15.4. The lowest BCUT2D eigenvalue weighted by molar-refractivity contribution is -0.371. The van der Waals surface area contributed by atoms with Gasteiger partial charge in [0.15, 0.2) is 61.6 Å². The van der Waals surface area contributed by atoms with Gasteiger partial charge in [-0.25, -0.2) is 43.2 Å². The number of benzene rings is 10. The van der Waals surface area contributed by atoms with Gasteiger partial charge in [-0.2, -0.15) is 0 Å². The van der Waals surface area contributed by atoms with Crippen LogP contribution in [0.2, 0.25) is 0 Å². The molecule has 4 fully saturated rings. The third kappa shape index (κ3) is 20.7. The fourth-order valence-electron chi connectivity index (χ4n) is 13.8. The largest absolute Gasteiger partial charge is 0.463 e. The van der Waals surface area contributed by atoms with E-state index in [9.17, 15) is 24.0 Å². The van der Waals surface area contributed by atoms with Crippen molar-refractivity contribution in [3.63, 3.8) is 0 Å². The number of esters is 10. The van der Waals surface area contributed by atoms with Gasteiger partial charge < -0.3 is 80.5 Å². The Morgan fingerprint density at radius 3 is 1.01 bits per heavy atom. The Bertz CT molecular complexity index is 5080. The van der Waals surface area contributed by atoms with Gasteiger partial charge in [-0.1, -0.05) is 194 Å². The zero-order valence-corrected chi connectivity index (χ0v) is 63.5.